The van der Waals surface area contributed by atoms with E-state index in [1.54, 1.807) is 25.6 Å². The van der Waals surface area contributed by atoms with Crippen molar-refractivity contribution < 1.29 is 19.7 Å². The Balaban J connectivity index is 1.32. The molecule has 0 amide bonds. The van der Waals surface area contributed by atoms with Gasteiger partial charge < -0.3 is 30.3 Å². The van der Waals surface area contributed by atoms with Crippen LogP contribution < -0.4 is 20.1 Å². The van der Waals surface area contributed by atoms with E-state index >= 15 is 0 Å². The first kappa shape index (κ1) is 23.9. The summed E-state index contributed by atoms with van der Waals surface area (Å²) in [4.78, 5) is 14.5. The van der Waals surface area contributed by atoms with E-state index in [1.807, 2.05) is 43.3 Å². The average molecular weight is 520 g/mol. The smallest absolute Gasteiger partial charge is 0.225 e. The van der Waals surface area contributed by atoms with Gasteiger partial charge in [-0.15, -0.1) is 11.3 Å². The molecule has 192 valence electrons. The minimum absolute atomic E-state index is 0.00340. The summed E-state index contributed by atoms with van der Waals surface area (Å²) in [7, 11) is 3.25. The van der Waals surface area contributed by atoms with E-state index in [2.05, 4.69) is 16.7 Å². The number of ether oxygens (including phenoxy) is 2. The van der Waals surface area contributed by atoms with Crippen molar-refractivity contribution in [2.45, 2.75) is 44.1 Å². The van der Waals surface area contributed by atoms with Gasteiger partial charge in [0.2, 0.25) is 5.95 Å². The van der Waals surface area contributed by atoms with Gasteiger partial charge in [0.05, 0.1) is 47.4 Å². The summed E-state index contributed by atoms with van der Waals surface area (Å²) in [6.07, 6.45) is 0.540. The minimum Gasteiger partial charge on any atom is -0.497 e. The number of aromatic nitrogens is 3. The first-order chi connectivity index (χ1) is 17.9. The van der Waals surface area contributed by atoms with E-state index in [0.29, 0.717) is 42.7 Å². The highest BCUT2D eigenvalue weighted by Crippen LogP contribution is 2.56. The van der Waals surface area contributed by atoms with Gasteiger partial charge in [-0.05, 0) is 49.6 Å². The predicted octanol–water partition coefficient (Wildman–Crippen LogP) is 3.99. The molecule has 4 atom stereocenters. The molecule has 9 nitrogen and oxygen atoms in total. The van der Waals surface area contributed by atoms with Crippen LogP contribution in [0, 0.1) is 12.8 Å². The van der Waals surface area contributed by atoms with E-state index in [1.165, 1.54) is 0 Å². The third-order valence-corrected chi connectivity index (χ3v) is 8.39. The van der Waals surface area contributed by atoms with Crippen LogP contribution >= 0.6 is 11.3 Å². The van der Waals surface area contributed by atoms with Gasteiger partial charge in [-0.25, -0.2) is 9.97 Å². The van der Waals surface area contributed by atoms with Gasteiger partial charge in [-0.1, -0.05) is 12.1 Å². The summed E-state index contributed by atoms with van der Waals surface area (Å²) in [5.41, 5.74) is 2.56. The molecule has 0 spiro atoms. The molecule has 37 heavy (non-hydrogen) atoms. The lowest BCUT2D eigenvalue weighted by Crippen LogP contribution is -2.26. The lowest BCUT2D eigenvalue weighted by molar-refractivity contribution is 0.0801. The summed E-state index contributed by atoms with van der Waals surface area (Å²) in [5.74, 6) is 2.48. The standard InChI is InChI=1S/C27H29N5O4S/c1-14-22(25-31-20-6-4-5-7-21(20)37-25)24(30-16-10-19-23(33)27(19,34)12-16)32-26(29-14)28-13-15-8-17(35-2)11-18(9-15)36-3/h4-9,11,16,19,23,33-34H,10,12-13H2,1-3H3,(H2,28,29,30,32). The van der Waals surface area contributed by atoms with Crippen LogP contribution in [0.15, 0.2) is 42.5 Å². The molecule has 2 aliphatic carbocycles. The maximum absolute atomic E-state index is 10.6. The van der Waals surface area contributed by atoms with Crippen LogP contribution in [0.2, 0.25) is 0 Å². The lowest BCUT2D eigenvalue weighted by Gasteiger charge is -2.20. The number of nitrogens with zero attached hydrogens (tertiary/aromatic N) is 3. The molecule has 2 aromatic carbocycles. The highest BCUT2D eigenvalue weighted by atomic mass is 32.1. The Bertz CT molecular complexity index is 1420. The highest BCUT2D eigenvalue weighted by Gasteiger charge is 2.68. The molecule has 4 N–H and O–H groups in total. The number of para-hydroxylation sites is 1. The van der Waals surface area contributed by atoms with E-state index in [9.17, 15) is 10.2 Å². The van der Waals surface area contributed by atoms with Crippen molar-refractivity contribution in [2.24, 2.45) is 5.92 Å². The zero-order valence-corrected chi connectivity index (χ0v) is 21.7. The van der Waals surface area contributed by atoms with Crippen molar-refractivity contribution in [1.82, 2.24) is 15.0 Å². The van der Waals surface area contributed by atoms with Crippen LogP contribution in [0.5, 0.6) is 11.5 Å². The molecule has 2 saturated carbocycles. The number of thiazole rings is 1. The van der Waals surface area contributed by atoms with Crippen LogP contribution in [0.3, 0.4) is 0 Å². The number of rotatable bonds is 8. The van der Waals surface area contributed by atoms with E-state index < -0.39 is 11.7 Å². The van der Waals surface area contributed by atoms with Crippen molar-refractivity contribution in [1.29, 1.82) is 0 Å². The van der Waals surface area contributed by atoms with E-state index in [-0.39, 0.29) is 12.0 Å². The van der Waals surface area contributed by atoms with Crippen LogP contribution in [0.1, 0.15) is 24.1 Å². The Labute approximate surface area is 218 Å². The molecule has 2 aliphatic rings. The fraction of sp³-hybridized carbons (Fsp3) is 0.370. The highest BCUT2D eigenvalue weighted by molar-refractivity contribution is 7.21. The quantitative estimate of drug-likeness (QED) is 0.274. The maximum atomic E-state index is 10.6. The SMILES string of the molecule is COc1cc(CNc2nc(C)c(-c3nc4ccccc4s3)c(NC3CC4C(O)C4(O)C3)n2)cc(OC)c1. The second-order valence-electron chi connectivity index (χ2n) is 9.74. The Morgan fingerprint density at radius 1 is 1.08 bits per heavy atom. The largest absolute Gasteiger partial charge is 0.497 e. The molecule has 4 unspecified atom stereocenters. The van der Waals surface area contributed by atoms with E-state index in [4.69, 9.17) is 24.4 Å². The average Bonchev–Trinajstić information content (AvgIpc) is 3.23. The molecule has 2 aromatic heterocycles. The molecule has 2 heterocycles. The van der Waals surface area contributed by atoms with Crippen LogP contribution in [0.4, 0.5) is 11.8 Å². The summed E-state index contributed by atoms with van der Waals surface area (Å²) < 4.78 is 11.9. The summed E-state index contributed by atoms with van der Waals surface area (Å²) >= 11 is 1.60. The zero-order valence-electron chi connectivity index (χ0n) is 20.9. The lowest BCUT2D eigenvalue weighted by atomic mass is 10.1. The van der Waals surface area contributed by atoms with Gasteiger partial charge in [0.1, 0.15) is 22.3 Å². The Hall–Kier alpha value is -3.47. The van der Waals surface area contributed by atoms with Gasteiger partial charge in [0, 0.05) is 24.6 Å². The summed E-state index contributed by atoms with van der Waals surface area (Å²) in [5, 5.41) is 28.3. The predicted molar refractivity (Wildman–Crippen MR) is 143 cm³/mol. The topological polar surface area (TPSA) is 122 Å². The van der Waals surface area contributed by atoms with Crippen molar-refractivity contribution in [2.75, 3.05) is 24.9 Å². The van der Waals surface area contributed by atoms with Gasteiger partial charge in [-0.2, -0.15) is 4.98 Å². The van der Waals surface area contributed by atoms with Crippen LogP contribution in [-0.2, 0) is 6.54 Å². The molecule has 0 saturated heterocycles. The maximum Gasteiger partial charge on any atom is 0.225 e. The van der Waals surface area contributed by atoms with E-state index in [0.717, 1.165) is 32.0 Å². The molecule has 6 rings (SSSR count). The van der Waals surface area contributed by atoms with Crippen molar-refractivity contribution >= 4 is 33.3 Å². The molecule has 2 fully saturated rings. The molecule has 10 heteroatoms. The number of hydrogen-bond donors (Lipinski definition) is 4. The number of fused-ring (bicyclic) bond motifs is 2. The summed E-state index contributed by atoms with van der Waals surface area (Å²) in [6.45, 7) is 2.43. The van der Waals surface area contributed by atoms with Crippen LogP contribution in [0.25, 0.3) is 20.8 Å². The Morgan fingerprint density at radius 3 is 2.51 bits per heavy atom. The molecule has 0 aliphatic heterocycles. The third-order valence-electron chi connectivity index (χ3n) is 7.34. The monoisotopic (exact) mass is 519 g/mol. The Morgan fingerprint density at radius 2 is 1.84 bits per heavy atom. The number of benzene rings is 2. The number of aryl methyl sites for hydroxylation is 1. The van der Waals surface area contributed by atoms with Gasteiger partial charge in [0.15, 0.2) is 0 Å². The molecule has 4 aromatic rings. The Kier molecular flexibility index (Phi) is 5.89. The third kappa shape index (κ3) is 4.35. The van der Waals surface area contributed by atoms with Gasteiger partial charge >= 0.3 is 0 Å². The van der Waals surface area contributed by atoms with Crippen molar-refractivity contribution in [3.63, 3.8) is 0 Å². The molecular weight excluding hydrogens is 490 g/mol. The number of aliphatic hydroxyl groups is 2. The van der Waals surface area contributed by atoms with Crippen LogP contribution in [-0.4, -0.2) is 57.1 Å². The second kappa shape index (κ2) is 9.13. The van der Waals surface area contributed by atoms with Crippen molar-refractivity contribution in [3.8, 4) is 22.1 Å². The van der Waals surface area contributed by atoms with Gasteiger partial charge in [-0.3, -0.25) is 0 Å². The first-order valence-electron chi connectivity index (χ1n) is 12.3. The summed E-state index contributed by atoms with van der Waals surface area (Å²) in [6, 6.07) is 13.7. The molecule has 0 radical (unpaired) electrons. The number of anilines is 2. The number of aliphatic hydroxyl groups excluding tert-OH is 1. The minimum atomic E-state index is -0.984. The molecule has 0 bridgehead atoms. The fourth-order valence-corrected chi connectivity index (χ4v) is 6.38. The van der Waals surface area contributed by atoms with Crippen molar-refractivity contribution in [3.05, 3.63) is 53.7 Å². The number of methoxy groups -OCH3 is 2. The van der Waals surface area contributed by atoms with Gasteiger partial charge in [0.25, 0.3) is 0 Å². The second-order valence-corrected chi connectivity index (χ2v) is 10.8. The number of nitrogens with one attached hydrogen (secondary N) is 2. The molecular formula is C27H29N5O4S. The first-order valence-corrected chi connectivity index (χ1v) is 13.1. The number of hydrogen-bond acceptors (Lipinski definition) is 10. The normalized spacial score (nSPS) is 24.1. The zero-order chi connectivity index (χ0) is 25.7. The fourth-order valence-electron chi connectivity index (χ4n) is 5.32.